The van der Waals surface area contributed by atoms with Crippen LogP contribution in [-0.4, -0.2) is 310 Å². The predicted octanol–water partition coefficient (Wildman–Crippen LogP) is -2.74. The number of nitrogens with one attached hydrogen (secondary N) is 16. The van der Waals surface area contributed by atoms with Crippen molar-refractivity contribution in [3.8, 4) is 22.6 Å². The molecule has 0 saturated carbocycles. The molecule has 788 valence electrons. The van der Waals surface area contributed by atoms with Crippen molar-refractivity contribution in [1.82, 2.24) is 99.8 Å². The van der Waals surface area contributed by atoms with E-state index in [4.69, 9.17) is 0 Å². The normalized spacial score (nSPS) is 17.7. The summed E-state index contributed by atoms with van der Waals surface area (Å²) >= 11 is 0. The van der Waals surface area contributed by atoms with Crippen LogP contribution in [0, 0.1) is 199 Å². The van der Waals surface area contributed by atoms with Crippen LogP contribution in [0.5, 0.6) is 11.5 Å². The van der Waals surface area contributed by atoms with E-state index in [0.29, 0.717) is 42.6 Å². The third-order valence-electron chi connectivity index (χ3n) is 21.5. The van der Waals surface area contributed by atoms with Crippen molar-refractivity contribution in [3.63, 3.8) is 0 Å². The van der Waals surface area contributed by atoms with E-state index in [1.807, 2.05) is 68.4 Å². The summed E-state index contributed by atoms with van der Waals surface area (Å²) in [6.45, 7) is 20.6. The van der Waals surface area contributed by atoms with E-state index >= 15 is 0 Å². The Bertz CT molecular complexity index is 5010. The number of aromatic hydroxyl groups is 2. The maximum Gasteiger partial charge on any atom is 0.305 e. The molecule has 0 radical (unpaired) electrons. The van der Waals surface area contributed by atoms with E-state index in [1.54, 1.807) is 41.0 Å². The second-order valence-electron chi connectivity index (χ2n) is 33.4. The molecule has 7 rings (SSSR count). The first kappa shape index (κ1) is 130. The number of hydrogen-bond acceptors (Lipinski definition) is 26. The minimum atomic E-state index is -1.98. The van der Waals surface area contributed by atoms with Gasteiger partial charge in [0.25, 0.3) is 0 Å². The Hall–Kier alpha value is -9.01. The van der Waals surface area contributed by atoms with Crippen LogP contribution in [0.15, 0.2) is 127 Å². The molecule has 2 fully saturated rings. The third kappa shape index (κ3) is 50.3. The second kappa shape index (κ2) is 69.2. The van der Waals surface area contributed by atoms with Crippen LogP contribution in [-0.2, 0) is 123 Å². The molecule has 5 aromatic rings. The van der Waals surface area contributed by atoms with E-state index in [9.17, 15) is 117 Å². The van der Waals surface area contributed by atoms with Gasteiger partial charge in [0.1, 0.15) is 65.9 Å². The number of carbonyl (C=O) groups excluding carboxylic acids is 17. The quantitative estimate of drug-likeness (QED) is 0.0139. The number of nitrogens with zero attached hydrogens (tertiary/aromatic N) is 3. The predicted molar refractivity (Wildman–Crippen MR) is 513 cm³/mol. The van der Waals surface area contributed by atoms with Gasteiger partial charge in [-0.05, 0) is 102 Å². The van der Waals surface area contributed by atoms with Crippen LogP contribution >= 0.6 is 21.6 Å². The van der Waals surface area contributed by atoms with Crippen molar-refractivity contribution < 1.29 is 276 Å². The Morgan fingerprint density at radius 2 is 0.979 bits per heavy atom. The van der Waals surface area contributed by atoms with Gasteiger partial charge in [0.15, 0.2) is 0 Å². The average molecular weight is 2600 g/mol. The van der Waals surface area contributed by atoms with Crippen LogP contribution in [0.3, 0.4) is 0 Å². The number of carbonyl (C=O) groups is 19. The molecule has 43 nitrogen and oxygen atoms in total. The summed E-state index contributed by atoms with van der Waals surface area (Å²) in [5, 5.41) is 90.9. The Labute approximate surface area is 966 Å². The zero-order valence-electron chi connectivity index (χ0n) is 79.4. The molecule has 49 heteroatoms. The van der Waals surface area contributed by atoms with Gasteiger partial charge in [-0.1, -0.05) is 145 Å². The molecule has 0 bridgehead atoms. The minimum Gasteiger partial charge on any atom is -0.508 e. The Kier molecular flexibility index (Phi) is 62.9. The largest absolute Gasteiger partial charge is 0.508 e. The van der Waals surface area contributed by atoms with Gasteiger partial charge in [0, 0.05) is 269 Å². The molecule has 5 aromatic carbocycles. The van der Waals surface area contributed by atoms with Crippen LogP contribution in [0.1, 0.15) is 87.6 Å². The van der Waals surface area contributed by atoms with E-state index in [0.717, 1.165) is 43.8 Å². The van der Waals surface area contributed by atoms with E-state index in [2.05, 4.69) is 113 Å². The Morgan fingerprint density at radius 3 is 1.48 bits per heavy atom. The summed E-state index contributed by atoms with van der Waals surface area (Å²) in [5.41, 5.74) is 5.26. The monoisotopic (exact) mass is 2600 g/mol. The number of amides is 17. The topological polar surface area (TPSA) is 628 Å². The number of likely N-dealkylation sites (tertiary alicyclic amines) is 1. The Morgan fingerprint density at radius 1 is 0.497 bits per heavy atom. The fourth-order valence-electron chi connectivity index (χ4n) is 14.4. The molecule has 17 amide bonds. The second-order valence-corrected chi connectivity index (χ2v) is 35.9. The van der Waals surface area contributed by atoms with Gasteiger partial charge in [-0.25, -0.2) is 0 Å². The van der Waals surface area contributed by atoms with Crippen LogP contribution in [0.25, 0.3) is 11.1 Å². The molecule has 0 aromatic heterocycles. The van der Waals surface area contributed by atoms with Crippen molar-refractivity contribution in [3.05, 3.63) is 183 Å². The number of likely N-dealkylation sites (N-methyl/N-ethyl adjacent to an activating group) is 1. The van der Waals surface area contributed by atoms with Gasteiger partial charge in [-0.15, -0.1) is 0 Å². The van der Waals surface area contributed by atoms with Crippen molar-refractivity contribution >= 4 is 134 Å². The molecule has 0 spiro atoms. The number of carboxylic acid groups (broad SMARTS) is 2. The summed E-state index contributed by atoms with van der Waals surface area (Å²) in [5.74, 6) is -17.0. The minimum absolute atomic E-state index is 0. The first-order chi connectivity index (χ1) is 66.0. The van der Waals surface area contributed by atoms with E-state index in [-0.39, 0.29) is 292 Å². The standard InChI is InChI=1S/C56H79N13O17S2.C38H46N6O7.4Gd/c1-30(2)22-41(61-46(76)27-68(20-17-58-32(4)71)21-18-59-33(5)72)56(86)69-19-7-8-44(69)54(84)65-43-29-88-87-28-42(49(79)57-6)66-55(85)48(31(3)70)67-45(75)26-60-50(80)38(23-34-9-13-36(73)14-10-34)62-51(81)39(24-35-11-15-37(74)16-12-35)63-52(82)40(25-47(77)78)64-53(43)83;1-26(20-29-12-14-33(15-13-29)32-10-5-4-6-11-32)37(50)43-34(22-36(48)49)38(51)42-24-31-9-7-8-30(21-31)23-41-35(47)25-44(18-16-39-27(2)45)19-17-40-28(3)46;;;;/h9-16,30-31,38-44,48,70,73-74H,4-5,7-8,17-29H2,1-3,6H3,(H,57,79)(H,58,71)(H,59,72)(H,60,80)(H,61,76)(H,62,81)(H,63,82)(H,64,83)(H,65,84)(H,66,85)(H,67,75)(H,77,78);4-15,21,26,34H,2-3,16-20,22-25H2,1H3,(H,39,45)(H,40,46)(H,41,47)(H,42,51)(H,43,50)(H,48,49);;;;/q2*-2;;;;/t31?,38-,39-,40-,41-,42-,43-,44-,48-;26-,34-;;;;/m00..../s1. The number of aliphatic carboxylic acids is 2. The van der Waals surface area contributed by atoms with Gasteiger partial charge in [-0.3, -0.25) is 81.7 Å². The first-order valence-corrected chi connectivity index (χ1v) is 47.3. The molecule has 11 atom stereocenters. The number of rotatable bonds is 42. The zero-order chi connectivity index (χ0) is 102. The van der Waals surface area contributed by atoms with Gasteiger partial charge in [0.05, 0.1) is 62.2 Å². The smallest absolute Gasteiger partial charge is 0.305 e. The van der Waals surface area contributed by atoms with Crippen LogP contribution < -0.4 is 85.1 Å². The van der Waals surface area contributed by atoms with Crippen molar-refractivity contribution in [1.29, 1.82) is 0 Å². The van der Waals surface area contributed by atoms with Gasteiger partial charge < -0.3 is 162 Å². The average Bonchev–Trinajstić information content (AvgIpc) is 1.71. The molecule has 143 heavy (non-hydrogen) atoms. The SMILES string of the molecule is [CH2-]C(=O)NCCN(CCNC([CH2-])=O)CC(=O)NCc1cccc(CNC(=O)[C@H](CC(=O)O)NC(=O)[C@@H](C)Cc2ccc(-c3ccccc3)cc2)c1.[CH2-]C(=O)NCCN(CCNC([CH2-])=O)CC(=O)N[C@@H](CC(C)C)C(=O)N1CCC[C@H]1C(=O)N[C@H]1CSSC[C@@H](C(=O)NC)NC(=O)[C@H](C(C)O)NC(=O)CNC(=O)[C@H](Cc2ccc(O)cc2)NC(=O)[C@H](Cc2ccc(O)cc2)NC(=O)[C@H](CC(=O)O)NC1=O.[Gd].[Gd].[Gd].[Gd]. The molecule has 0 aliphatic carbocycles. The third-order valence-corrected chi connectivity index (χ3v) is 23.9. The number of carboxylic acids is 2. The van der Waals surface area contributed by atoms with Gasteiger partial charge >= 0.3 is 11.9 Å². The number of phenolic OH excluding ortho intramolecular Hbond substituents is 2. The number of hydrogen-bond donors (Lipinski definition) is 21. The van der Waals surface area contributed by atoms with Crippen LogP contribution in [0.4, 0.5) is 0 Å². The molecule has 2 saturated heterocycles. The molecule has 2 aliphatic rings. The molecular formula is C94H125Gd4N19O24S2-4. The number of aliphatic hydroxyl groups is 1. The number of phenols is 2. The number of benzene rings is 5. The summed E-state index contributed by atoms with van der Waals surface area (Å²) in [4.78, 5) is 253. The van der Waals surface area contributed by atoms with E-state index < -0.39 is 192 Å². The fourth-order valence-corrected chi connectivity index (χ4v) is 16.7. The summed E-state index contributed by atoms with van der Waals surface area (Å²) in [6, 6.07) is 22.2. The fraction of sp³-hybridized carbons (Fsp3) is 0.436. The van der Waals surface area contributed by atoms with E-state index in [1.165, 1.54) is 67.4 Å². The molecule has 2 heterocycles. The van der Waals surface area contributed by atoms with Crippen LogP contribution in [0.2, 0.25) is 0 Å². The summed E-state index contributed by atoms with van der Waals surface area (Å²) < 4.78 is 0. The maximum atomic E-state index is 14.6. The zero-order valence-corrected chi connectivity index (χ0v) is 90.1. The maximum absolute atomic E-state index is 14.6. The Balaban J connectivity index is 0.00000107. The molecule has 1 unspecified atom stereocenters. The summed E-state index contributed by atoms with van der Waals surface area (Å²) in [7, 11) is 3.06. The summed E-state index contributed by atoms with van der Waals surface area (Å²) in [6.07, 6.45) is -2.99. The molecule has 2 aliphatic heterocycles. The first-order valence-electron chi connectivity index (χ1n) is 44.8. The molecule has 21 N–H and O–H groups in total. The van der Waals surface area contributed by atoms with Gasteiger partial charge in [0.2, 0.25) is 76.8 Å². The number of aliphatic hydroxyl groups excluding tert-OH is 1. The van der Waals surface area contributed by atoms with Crippen molar-refractivity contribution in [2.24, 2.45) is 11.8 Å². The van der Waals surface area contributed by atoms with Crippen molar-refractivity contribution in [2.75, 3.05) is 97.1 Å². The van der Waals surface area contributed by atoms with Crippen molar-refractivity contribution in [2.45, 2.75) is 153 Å². The molecular weight excluding hydrogens is 2470 g/mol. The van der Waals surface area contributed by atoms with Gasteiger partial charge in [-0.2, -0.15) is 0 Å².